The van der Waals surface area contributed by atoms with Gasteiger partial charge in [0.05, 0.1) is 28.0 Å². The van der Waals surface area contributed by atoms with Crippen LogP contribution in [0.25, 0.3) is 11.0 Å². The maximum Gasteiger partial charge on any atom is 0.178 e. The first-order valence-electron chi connectivity index (χ1n) is 5.29. The average molecular weight is 254 g/mol. The molecule has 1 N–H and O–H groups in total. The summed E-state index contributed by atoms with van der Waals surface area (Å²) in [6.07, 6.45) is 1.90. The number of aromatic nitrogens is 2. The predicted octanol–water partition coefficient (Wildman–Crippen LogP) is 0.729. The van der Waals surface area contributed by atoms with E-state index in [0.717, 1.165) is 5.52 Å². The van der Waals surface area contributed by atoms with Gasteiger partial charge in [-0.3, -0.25) is 0 Å². The van der Waals surface area contributed by atoms with Crippen LogP contribution in [0.2, 0.25) is 0 Å². The summed E-state index contributed by atoms with van der Waals surface area (Å²) in [6, 6.07) is 4.90. The Balaban J connectivity index is 2.42. The van der Waals surface area contributed by atoms with Crippen LogP contribution in [0.5, 0.6) is 0 Å². The Morgan fingerprint density at radius 1 is 1.41 bits per heavy atom. The molecule has 0 bridgehead atoms. The number of aryl methyl sites for hydroxylation is 1. The number of benzene rings is 1. The second kappa shape index (κ2) is 4.46. The fourth-order valence-electron chi connectivity index (χ4n) is 1.68. The van der Waals surface area contributed by atoms with E-state index in [1.807, 2.05) is 11.6 Å². The van der Waals surface area contributed by atoms with Gasteiger partial charge in [-0.05, 0) is 24.6 Å². The largest absolute Gasteiger partial charge is 0.396 e. The normalized spacial score (nSPS) is 12.1. The minimum atomic E-state index is -3.31. The first kappa shape index (κ1) is 12.1. The van der Waals surface area contributed by atoms with Crippen LogP contribution in [0.3, 0.4) is 0 Å². The maximum absolute atomic E-state index is 11.9. The molecular weight excluding hydrogens is 240 g/mol. The number of fused-ring (bicyclic) bond motifs is 1. The van der Waals surface area contributed by atoms with Crippen LogP contribution in [-0.4, -0.2) is 35.4 Å². The molecule has 0 atom stereocenters. The van der Waals surface area contributed by atoms with E-state index in [-0.39, 0.29) is 23.7 Å². The van der Waals surface area contributed by atoms with E-state index in [4.69, 9.17) is 5.11 Å². The number of sulfone groups is 1. The van der Waals surface area contributed by atoms with Gasteiger partial charge in [-0.15, -0.1) is 0 Å². The number of imidazole rings is 1. The van der Waals surface area contributed by atoms with Crippen LogP contribution >= 0.6 is 0 Å². The number of rotatable bonds is 4. The van der Waals surface area contributed by atoms with Crippen molar-refractivity contribution in [1.82, 2.24) is 9.55 Å². The van der Waals surface area contributed by atoms with E-state index in [9.17, 15) is 8.42 Å². The van der Waals surface area contributed by atoms with Crippen molar-refractivity contribution in [3.63, 3.8) is 0 Å². The molecule has 0 amide bonds. The van der Waals surface area contributed by atoms with Crippen molar-refractivity contribution >= 4 is 20.9 Å². The van der Waals surface area contributed by atoms with Gasteiger partial charge in [0.2, 0.25) is 0 Å². The van der Waals surface area contributed by atoms with Gasteiger partial charge in [0.15, 0.2) is 9.84 Å². The highest BCUT2D eigenvalue weighted by Crippen LogP contribution is 2.18. The van der Waals surface area contributed by atoms with Gasteiger partial charge < -0.3 is 9.67 Å². The molecule has 0 unspecified atom stereocenters. The Morgan fingerprint density at radius 3 is 2.88 bits per heavy atom. The summed E-state index contributed by atoms with van der Waals surface area (Å²) >= 11 is 0. The fraction of sp³-hybridized carbons (Fsp3) is 0.364. The Hall–Kier alpha value is -1.40. The zero-order valence-electron chi connectivity index (χ0n) is 9.50. The smallest absolute Gasteiger partial charge is 0.178 e. The molecule has 0 fully saturated rings. The molecule has 17 heavy (non-hydrogen) atoms. The molecule has 0 aliphatic heterocycles. The zero-order chi connectivity index (χ0) is 12.5. The monoisotopic (exact) mass is 254 g/mol. The Morgan fingerprint density at radius 2 is 2.18 bits per heavy atom. The van der Waals surface area contributed by atoms with Gasteiger partial charge in [-0.25, -0.2) is 13.4 Å². The Labute approximate surface area is 99.6 Å². The van der Waals surface area contributed by atoms with Crippen LogP contribution < -0.4 is 0 Å². The lowest BCUT2D eigenvalue weighted by Gasteiger charge is -2.03. The van der Waals surface area contributed by atoms with Crippen LogP contribution in [0.15, 0.2) is 29.4 Å². The van der Waals surface area contributed by atoms with Crippen molar-refractivity contribution in [3.05, 3.63) is 24.5 Å². The quantitative estimate of drug-likeness (QED) is 0.873. The summed E-state index contributed by atoms with van der Waals surface area (Å²) in [7, 11) is -1.46. The van der Waals surface area contributed by atoms with Gasteiger partial charge in [-0.2, -0.15) is 0 Å². The van der Waals surface area contributed by atoms with Crippen LogP contribution in [0.4, 0.5) is 0 Å². The second-order valence-corrected chi connectivity index (χ2v) is 6.01. The highest BCUT2D eigenvalue weighted by atomic mass is 32.2. The molecule has 1 heterocycles. The molecule has 0 aliphatic carbocycles. The van der Waals surface area contributed by atoms with Crippen molar-refractivity contribution in [2.24, 2.45) is 7.05 Å². The van der Waals surface area contributed by atoms with Crippen LogP contribution in [0, 0.1) is 0 Å². The molecule has 2 aromatic rings. The number of aliphatic hydroxyl groups is 1. The number of aliphatic hydroxyl groups excluding tert-OH is 1. The summed E-state index contributed by atoms with van der Waals surface area (Å²) in [4.78, 5) is 4.38. The van der Waals surface area contributed by atoms with Crippen LogP contribution in [-0.2, 0) is 16.9 Å². The lowest BCUT2D eigenvalue weighted by atomic mass is 10.3. The van der Waals surface area contributed by atoms with Gasteiger partial charge in [0.1, 0.15) is 0 Å². The molecule has 2 rings (SSSR count). The van der Waals surface area contributed by atoms with Crippen molar-refractivity contribution in [2.45, 2.75) is 11.3 Å². The minimum Gasteiger partial charge on any atom is -0.396 e. The standard InChI is InChI=1S/C11H14N2O3S/c1-13-8-12-10-7-9(3-4-11(10)13)17(15,16)6-2-5-14/h3-4,7-8,14H,2,5-6H2,1H3. The highest BCUT2D eigenvalue weighted by Gasteiger charge is 2.15. The van der Waals surface area contributed by atoms with E-state index < -0.39 is 9.84 Å². The summed E-state index contributed by atoms with van der Waals surface area (Å²) in [6.45, 7) is -0.120. The van der Waals surface area contributed by atoms with Crippen molar-refractivity contribution < 1.29 is 13.5 Å². The third-order valence-electron chi connectivity index (χ3n) is 2.63. The summed E-state index contributed by atoms with van der Waals surface area (Å²) in [5.74, 6) is -0.0398. The van der Waals surface area contributed by atoms with Gasteiger partial charge in [-0.1, -0.05) is 0 Å². The molecule has 0 aliphatic rings. The van der Waals surface area contributed by atoms with E-state index in [2.05, 4.69) is 4.98 Å². The van der Waals surface area contributed by atoms with Gasteiger partial charge in [0.25, 0.3) is 0 Å². The molecule has 6 heteroatoms. The van der Waals surface area contributed by atoms with Crippen molar-refractivity contribution in [3.8, 4) is 0 Å². The topological polar surface area (TPSA) is 72.2 Å². The zero-order valence-corrected chi connectivity index (χ0v) is 10.3. The number of hydrogen-bond acceptors (Lipinski definition) is 4. The molecular formula is C11H14N2O3S. The lowest BCUT2D eigenvalue weighted by molar-refractivity contribution is 0.295. The molecule has 0 saturated heterocycles. The SMILES string of the molecule is Cn1cnc2cc(S(=O)(=O)CCCO)ccc21. The maximum atomic E-state index is 11.9. The third kappa shape index (κ3) is 2.32. The Kier molecular flexibility index (Phi) is 3.17. The van der Waals surface area contributed by atoms with Crippen molar-refractivity contribution in [1.29, 1.82) is 0 Å². The Bertz CT molecular complexity index is 631. The van der Waals surface area contributed by atoms with Gasteiger partial charge in [0, 0.05) is 13.7 Å². The second-order valence-electron chi connectivity index (χ2n) is 3.90. The fourth-order valence-corrected chi connectivity index (χ4v) is 2.99. The average Bonchev–Trinajstić information content (AvgIpc) is 2.68. The number of hydrogen-bond donors (Lipinski definition) is 1. The minimum absolute atomic E-state index is 0.0398. The lowest BCUT2D eigenvalue weighted by Crippen LogP contribution is -2.08. The molecule has 5 nitrogen and oxygen atoms in total. The number of nitrogens with zero attached hydrogens (tertiary/aromatic N) is 2. The summed E-state index contributed by atoms with van der Waals surface area (Å²) in [5.41, 5.74) is 1.56. The van der Waals surface area contributed by atoms with Crippen LogP contribution in [0.1, 0.15) is 6.42 Å². The van der Waals surface area contributed by atoms with E-state index in [1.165, 1.54) is 0 Å². The highest BCUT2D eigenvalue weighted by molar-refractivity contribution is 7.91. The molecule has 0 saturated carbocycles. The first-order chi connectivity index (χ1) is 8.04. The van der Waals surface area contributed by atoms with Crippen molar-refractivity contribution in [2.75, 3.05) is 12.4 Å². The van der Waals surface area contributed by atoms with E-state index >= 15 is 0 Å². The summed E-state index contributed by atoms with van der Waals surface area (Å²) < 4.78 is 25.6. The van der Waals surface area contributed by atoms with E-state index in [1.54, 1.807) is 24.5 Å². The predicted molar refractivity (Wildman–Crippen MR) is 64.5 cm³/mol. The summed E-state index contributed by atoms with van der Waals surface area (Å²) in [5, 5.41) is 8.67. The van der Waals surface area contributed by atoms with E-state index in [0.29, 0.717) is 5.52 Å². The first-order valence-corrected chi connectivity index (χ1v) is 6.94. The molecule has 92 valence electrons. The molecule has 1 aromatic heterocycles. The third-order valence-corrected chi connectivity index (χ3v) is 4.43. The molecule has 1 aromatic carbocycles. The molecule has 0 radical (unpaired) electrons. The molecule has 0 spiro atoms. The van der Waals surface area contributed by atoms with Gasteiger partial charge >= 0.3 is 0 Å².